The Kier molecular flexibility index (Phi) is 2.51. The average Bonchev–Trinajstić information content (AvgIpc) is 3.39. The molecule has 1 amide bonds. The number of amides is 1. The summed E-state index contributed by atoms with van der Waals surface area (Å²) >= 11 is 0. The Morgan fingerprint density at radius 2 is 2.30 bits per heavy atom. The van der Waals surface area contributed by atoms with Crippen LogP contribution in [0.4, 0.5) is 5.95 Å². The Morgan fingerprint density at radius 3 is 3.05 bits per heavy atom. The molecule has 0 radical (unpaired) electrons. The number of rotatable bonds is 4. The molecule has 2 fully saturated rings. The van der Waals surface area contributed by atoms with Gasteiger partial charge >= 0.3 is 0 Å². The van der Waals surface area contributed by atoms with Crippen LogP contribution in [0.25, 0.3) is 0 Å². The second-order valence-electron chi connectivity index (χ2n) is 5.40. The van der Waals surface area contributed by atoms with Gasteiger partial charge in [0.15, 0.2) is 0 Å². The molecule has 0 aromatic carbocycles. The molecular weight excluding hydrogens is 256 g/mol. The quantitative estimate of drug-likeness (QED) is 0.900. The van der Waals surface area contributed by atoms with Gasteiger partial charge in [0.2, 0.25) is 11.9 Å². The van der Waals surface area contributed by atoms with Crippen LogP contribution in [0, 0.1) is 5.92 Å². The van der Waals surface area contributed by atoms with Gasteiger partial charge in [-0.05, 0) is 47.2 Å². The molecule has 0 bridgehead atoms. The summed E-state index contributed by atoms with van der Waals surface area (Å²) in [7, 11) is 0. The minimum atomic E-state index is -0.00412. The number of carbonyl (C=O) groups excluding carboxylic acids is 1. The first kappa shape index (κ1) is 11.5. The third-order valence-corrected chi connectivity index (χ3v) is 3.86. The summed E-state index contributed by atoms with van der Waals surface area (Å²) in [4.78, 5) is 16.3. The Bertz CT molecular complexity index is 635. The van der Waals surface area contributed by atoms with E-state index in [4.69, 9.17) is 0 Å². The molecule has 0 unspecified atom stereocenters. The van der Waals surface area contributed by atoms with Crippen LogP contribution < -0.4 is 5.32 Å². The Labute approximate surface area is 115 Å². The van der Waals surface area contributed by atoms with Crippen molar-refractivity contribution in [2.45, 2.75) is 31.2 Å². The van der Waals surface area contributed by atoms with Crippen LogP contribution in [0.15, 0.2) is 24.5 Å². The lowest BCUT2D eigenvalue weighted by Gasteiger charge is -2.04. The van der Waals surface area contributed by atoms with Crippen molar-refractivity contribution in [3.63, 3.8) is 0 Å². The fraction of sp³-hybridized carbons (Fsp3) is 0.462. The van der Waals surface area contributed by atoms with Crippen molar-refractivity contribution in [1.82, 2.24) is 25.2 Å². The molecule has 2 aromatic rings. The van der Waals surface area contributed by atoms with Crippen molar-refractivity contribution in [3.05, 3.63) is 30.1 Å². The number of pyridine rings is 1. The van der Waals surface area contributed by atoms with Crippen molar-refractivity contribution in [2.75, 3.05) is 5.32 Å². The minimum Gasteiger partial charge on any atom is -0.293 e. The van der Waals surface area contributed by atoms with Crippen molar-refractivity contribution in [2.24, 2.45) is 5.92 Å². The van der Waals surface area contributed by atoms with Gasteiger partial charge in [-0.2, -0.15) is 0 Å². The molecule has 2 aliphatic rings. The van der Waals surface area contributed by atoms with Gasteiger partial charge in [0.05, 0.1) is 6.04 Å². The van der Waals surface area contributed by atoms with Gasteiger partial charge in [0, 0.05) is 18.3 Å². The van der Waals surface area contributed by atoms with Gasteiger partial charge in [0.1, 0.15) is 0 Å². The smallest absolute Gasteiger partial charge is 0.249 e. The predicted molar refractivity (Wildman–Crippen MR) is 69.8 cm³/mol. The molecule has 1 N–H and O–H groups in total. The molecular formula is C13H14N6O. The number of tetrazole rings is 1. The molecule has 2 aliphatic carbocycles. The van der Waals surface area contributed by atoms with Crippen molar-refractivity contribution < 1.29 is 4.79 Å². The lowest BCUT2D eigenvalue weighted by Crippen LogP contribution is -2.18. The fourth-order valence-corrected chi connectivity index (χ4v) is 2.49. The Hall–Kier alpha value is -2.31. The molecule has 7 heteroatoms. The summed E-state index contributed by atoms with van der Waals surface area (Å²) in [5.41, 5.74) is 1.12. The van der Waals surface area contributed by atoms with E-state index in [2.05, 4.69) is 25.8 Å². The first-order valence-electron chi connectivity index (χ1n) is 6.81. The van der Waals surface area contributed by atoms with Crippen LogP contribution >= 0.6 is 0 Å². The van der Waals surface area contributed by atoms with Crippen molar-refractivity contribution in [3.8, 4) is 0 Å². The summed E-state index contributed by atoms with van der Waals surface area (Å²) in [6.45, 7) is 0. The van der Waals surface area contributed by atoms with Gasteiger partial charge in [-0.1, -0.05) is 11.2 Å². The molecule has 4 rings (SSSR count). The highest BCUT2D eigenvalue weighted by Gasteiger charge is 2.44. The maximum atomic E-state index is 12.2. The second kappa shape index (κ2) is 4.36. The molecule has 2 atom stereocenters. The van der Waals surface area contributed by atoms with Crippen LogP contribution in [0.2, 0.25) is 0 Å². The van der Waals surface area contributed by atoms with Crippen molar-refractivity contribution >= 4 is 11.9 Å². The molecule has 2 heterocycles. The number of anilines is 1. The van der Waals surface area contributed by atoms with E-state index in [9.17, 15) is 4.79 Å². The van der Waals surface area contributed by atoms with E-state index >= 15 is 0 Å². The average molecular weight is 270 g/mol. The normalized spacial score (nSPS) is 24.4. The molecule has 0 saturated heterocycles. The van der Waals surface area contributed by atoms with Crippen LogP contribution in [0.5, 0.6) is 0 Å². The zero-order valence-corrected chi connectivity index (χ0v) is 10.8. The van der Waals surface area contributed by atoms with E-state index in [1.165, 1.54) is 0 Å². The molecule has 0 spiro atoms. The highest BCUT2D eigenvalue weighted by atomic mass is 16.2. The van der Waals surface area contributed by atoms with Gasteiger partial charge in [-0.3, -0.25) is 15.1 Å². The lowest BCUT2D eigenvalue weighted by molar-refractivity contribution is -0.117. The fourth-order valence-electron chi connectivity index (χ4n) is 2.49. The molecule has 2 saturated carbocycles. The third kappa shape index (κ3) is 2.04. The van der Waals surface area contributed by atoms with Crippen LogP contribution in [-0.4, -0.2) is 31.1 Å². The standard InChI is InChI=1S/C13H14N6O/c20-12(11-6-10(11)8-2-1-5-14-7-8)15-13-16-17-18-19(13)9-3-4-9/h1-2,5,7,9-11H,3-4,6H2,(H,15,16,18,20)/t10-,11+/m0/s1. The Morgan fingerprint density at radius 1 is 1.40 bits per heavy atom. The summed E-state index contributed by atoms with van der Waals surface area (Å²) in [6, 6.07) is 4.27. The van der Waals surface area contributed by atoms with Crippen LogP contribution in [0.1, 0.15) is 36.8 Å². The molecule has 0 aliphatic heterocycles. The largest absolute Gasteiger partial charge is 0.293 e. The maximum Gasteiger partial charge on any atom is 0.249 e. The topological polar surface area (TPSA) is 85.6 Å². The lowest BCUT2D eigenvalue weighted by atomic mass is 10.1. The summed E-state index contributed by atoms with van der Waals surface area (Å²) in [6.07, 6.45) is 6.59. The highest BCUT2D eigenvalue weighted by Crippen LogP contribution is 2.47. The zero-order valence-electron chi connectivity index (χ0n) is 10.8. The maximum absolute atomic E-state index is 12.2. The number of nitrogens with zero attached hydrogens (tertiary/aromatic N) is 5. The highest BCUT2D eigenvalue weighted by molar-refractivity contribution is 5.93. The number of nitrogens with one attached hydrogen (secondary N) is 1. The van der Waals surface area contributed by atoms with E-state index in [1.807, 2.05) is 18.3 Å². The molecule has 20 heavy (non-hydrogen) atoms. The van der Waals surface area contributed by atoms with E-state index in [-0.39, 0.29) is 17.7 Å². The van der Waals surface area contributed by atoms with Gasteiger partial charge in [-0.25, -0.2) is 4.68 Å². The molecule has 7 nitrogen and oxygen atoms in total. The van der Waals surface area contributed by atoms with Crippen molar-refractivity contribution in [1.29, 1.82) is 0 Å². The number of hydrogen-bond donors (Lipinski definition) is 1. The third-order valence-electron chi connectivity index (χ3n) is 3.86. The van der Waals surface area contributed by atoms with E-state index in [0.29, 0.717) is 12.0 Å². The second-order valence-corrected chi connectivity index (χ2v) is 5.40. The van der Waals surface area contributed by atoms with Crippen LogP contribution in [0.3, 0.4) is 0 Å². The molecule has 2 aromatic heterocycles. The summed E-state index contributed by atoms with van der Waals surface area (Å²) in [5, 5.41) is 14.3. The zero-order chi connectivity index (χ0) is 13.5. The first-order chi connectivity index (χ1) is 9.83. The predicted octanol–water partition coefficient (Wildman–Crippen LogP) is 1.15. The monoisotopic (exact) mass is 270 g/mol. The first-order valence-corrected chi connectivity index (χ1v) is 6.81. The Balaban J connectivity index is 1.43. The number of aromatic nitrogens is 5. The van der Waals surface area contributed by atoms with E-state index < -0.39 is 0 Å². The molecule has 102 valence electrons. The van der Waals surface area contributed by atoms with E-state index in [1.54, 1.807) is 10.9 Å². The van der Waals surface area contributed by atoms with Gasteiger partial charge < -0.3 is 0 Å². The van der Waals surface area contributed by atoms with Crippen LogP contribution in [-0.2, 0) is 4.79 Å². The van der Waals surface area contributed by atoms with Gasteiger partial charge in [0.25, 0.3) is 0 Å². The number of carbonyl (C=O) groups is 1. The van der Waals surface area contributed by atoms with E-state index in [0.717, 1.165) is 24.8 Å². The summed E-state index contributed by atoms with van der Waals surface area (Å²) in [5.74, 6) is 0.738. The number of hydrogen-bond acceptors (Lipinski definition) is 5. The SMILES string of the molecule is O=C(Nc1nnnn1C1CC1)[C@@H]1C[C@H]1c1cccnc1. The summed E-state index contributed by atoms with van der Waals surface area (Å²) < 4.78 is 1.71. The minimum absolute atomic E-state index is 0.00329. The van der Waals surface area contributed by atoms with Gasteiger partial charge in [-0.15, -0.1) is 0 Å².